The molecule has 8 nitrogen and oxygen atoms in total. The van der Waals surface area contributed by atoms with Crippen molar-refractivity contribution in [3.05, 3.63) is 69.6 Å². The number of hydrogen-bond donors (Lipinski definition) is 2. The van der Waals surface area contributed by atoms with Gasteiger partial charge >= 0.3 is 18.2 Å². The van der Waals surface area contributed by atoms with Gasteiger partial charge < -0.3 is 15.2 Å². The van der Waals surface area contributed by atoms with E-state index in [1.54, 1.807) is 0 Å². The van der Waals surface area contributed by atoms with Crippen molar-refractivity contribution in [2.45, 2.75) is 38.2 Å². The number of aliphatic hydroxyl groups excluding tert-OH is 1. The maximum absolute atomic E-state index is 12.9. The number of ether oxygens (including phenoxy) is 1. The van der Waals surface area contributed by atoms with E-state index in [0.717, 1.165) is 6.07 Å². The second-order valence-electron chi connectivity index (χ2n) is 7.69. The number of benzene rings is 2. The Kier molecular flexibility index (Phi) is 8.53. The zero-order valence-corrected chi connectivity index (χ0v) is 19.4. The van der Waals surface area contributed by atoms with Gasteiger partial charge in [-0.05, 0) is 42.3 Å². The van der Waals surface area contributed by atoms with Gasteiger partial charge in [0.1, 0.15) is 12.3 Å². The Bertz CT molecular complexity index is 1290. The smallest absolute Gasteiger partial charge is 0.406 e. The third-order valence-corrected chi connectivity index (χ3v) is 5.22. The Hall–Kier alpha value is -3.52. The lowest BCUT2D eigenvalue weighted by molar-refractivity contribution is -0.274. The molecule has 0 radical (unpaired) electrons. The number of para-hydroxylation sites is 1. The van der Waals surface area contributed by atoms with E-state index in [4.69, 9.17) is 11.6 Å². The molecule has 0 aliphatic rings. The quantitative estimate of drug-likeness (QED) is 0.396. The number of nitrogens with one attached hydrogen (secondary N) is 1. The maximum atomic E-state index is 12.9. The van der Waals surface area contributed by atoms with E-state index < -0.39 is 49.1 Å². The fourth-order valence-electron chi connectivity index (χ4n) is 3.26. The summed E-state index contributed by atoms with van der Waals surface area (Å²) in [5.41, 5.74) is -0.726. The van der Waals surface area contributed by atoms with Crippen LogP contribution >= 0.6 is 11.6 Å². The number of aliphatic hydroxyl groups is 1. The van der Waals surface area contributed by atoms with Crippen molar-refractivity contribution < 1.29 is 41.0 Å². The van der Waals surface area contributed by atoms with Gasteiger partial charge in [0.25, 0.3) is 0 Å². The molecule has 1 aromatic heterocycles. The highest BCUT2D eigenvalue weighted by molar-refractivity contribution is 6.30. The van der Waals surface area contributed by atoms with Crippen molar-refractivity contribution in [1.82, 2.24) is 19.7 Å². The summed E-state index contributed by atoms with van der Waals surface area (Å²) in [5, 5.41) is 16.2. The average Bonchev–Trinajstić information content (AvgIpc) is 3.09. The van der Waals surface area contributed by atoms with Crippen molar-refractivity contribution in [3.8, 4) is 17.1 Å². The SMILES string of the molecule is O=C(Cn1nc(-c2ccc(Cl)cc2)n(CC(O)C(F)(F)F)c1=O)NCCc1ccccc1OC(F)(F)F. The van der Waals surface area contributed by atoms with Crippen LogP contribution in [0.3, 0.4) is 0 Å². The molecule has 37 heavy (non-hydrogen) atoms. The molecule has 1 heterocycles. The van der Waals surface area contributed by atoms with E-state index in [1.807, 2.05) is 0 Å². The minimum absolute atomic E-state index is 0.0465. The molecule has 200 valence electrons. The van der Waals surface area contributed by atoms with Crippen LogP contribution in [0.1, 0.15) is 5.56 Å². The standard InChI is InChI=1S/C22H19ClF6N4O4/c23-15-7-5-14(6-8-15)19-31-33(20(36)32(19)11-17(34)21(24,25)26)12-18(35)30-10-9-13-3-1-2-4-16(13)37-22(27,28)29/h1-8,17,34H,9-12H2,(H,30,35). The Morgan fingerprint density at radius 1 is 1.08 bits per heavy atom. The van der Waals surface area contributed by atoms with Crippen molar-refractivity contribution in [2.24, 2.45) is 0 Å². The van der Waals surface area contributed by atoms with Crippen LogP contribution in [0.4, 0.5) is 26.3 Å². The van der Waals surface area contributed by atoms with Crippen molar-refractivity contribution in [2.75, 3.05) is 6.54 Å². The number of amides is 1. The van der Waals surface area contributed by atoms with Crippen LogP contribution in [0.25, 0.3) is 11.4 Å². The fraction of sp³-hybridized carbons (Fsp3) is 0.318. The second kappa shape index (κ2) is 11.3. The zero-order valence-electron chi connectivity index (χ0n) is 18.7. The molecule has 2 N–H and O–H groups in total. The predicted octanol–water partition coefficient (Wildman–Crippen LogP) is 3.55. The van der Waals surface area contributed by atoms with Gasteiger partial charge in [0.2, 0.25) is 5.91 Å². The summed E-state index contributed by atoms with van der Waals surface area (Å²) in [6, 6.07) is 10.9. The summed E-state index contributed by atoms with van der Waals surface area (Å²) < 4.78 is 81.6. The summed E-state index contributed by atoms with van der Waals surface area (Å²) >= 11 is 5.82. The topological polar surface area (TPSA) is 98.4 Å². The van der Waals surface area contributed by atoms with Crippen LogP contribution in [0.2, 0.25) is 5.02 Å². The van der Waals surface area contributed by atoms with Crippen LogP contribution in [0, 0.1) is 0 Å². The minimum atomic E-state index is -5.01. The second-order valence-corrected chi connectivity index (χ2v) is 8.13. The summed E-state index contributed by atoms with van der Waals surface area (Å²) in [4.78, 5) is 25.1. The van der Waals surface area contributed by atoms with Gasteiger partial charge in [-0.25, -0.2) is 9.48 Å². The molecule has 0 spiro atoms. The molecule has 0 aliphatic heterocycles. The Morgan fingerprint density at radius 2 is 1.73 bits per heavy atom. The first-order valence-electron chi connectivity index (χ1n) is 10.5. The molecule has 0 saturated heterocycles. The van der Waals surface area contributed by atoms with Crippen LogP contribution in [-0.2, 0) is 24.3 Å². The van der Waals surface area contributed by atoms with Gasteiger partial charge in [0.15, 0.2) is 11.9 Å². The van der Waals surface area contributed by atoms with Gasteiger partial charge in [-0.15, -0.1) is 18.3 Å². The lowest BCUT2D eigenvalue weighted by Gasteiger charge is -2.15. The maximum Gasteiger partial charge on any atom is 0.573 e. The molecule has 1 amide bonds. The molecule has 0 bridgehead atoms. The molecule has 1 unspecified atom stereocenters. The number of carbonyl (C=O) groups excluding carboxylic acids is 1. The van der Waals surface area contributed by atoms with Crippen molar-refractivity contribution in [1.29, 1.82) is 0 Å². The van der Waals surface area contributed by atoms with E-state index in [9.17, 15) is 41.0 Å². The fourth-order valence-corrected chi connectivity index (χ4v) is 3.39. The lowest BCUT2D eigenvalue weighted by Crippen LogP contribution is -2.38. The summed E-state index contributed by atoms with van der Waals surface area (Å²) in [5.74, 6) is -1.45. The first kappa shape index (κ1) is 28.1. The molecule has 15 heteroatoms. The highest BCUT2D eigenvalue weighted by Gasteiger charge is 2.39. The van der Waals surface area contributed by atoms with Crippen LogP contribution in [0.15, 0.2) is 53.3 Å². The molecule has 3 aromatic rings. The van der Waals surface area contributed by atoms with E-state index in [2.05, 4.69) is 15.2 Å². The average molecular weight is 553 g/mol. The van der Waals surface area contributed by atoms with Crippen molar-refractivity contribution >= 4 is 17.5 Å². The molecule has 3 rings (SSSR count). The lowest BCUT2D eigenvalue weighted by atomic mass is 10.1. The molecule has 2 aromatic carbocycles. The molecule has 0 aliphatic carbocycles. The number of carbonyl (C=O) groups is 1. The van der Waals surface area contributed by atoms with Crippen LogP contribution in [0.5, 0.6) is 5.75 Å². The normalized spacial score (nSPS) is 12.9. The zero-order chi connectivity index (χ0) is 27.4. The summed E-state index contributed by atoms with van der Waals surface area (Å²) in [6.07, 6.45) is -12.8. The summed E-state index contributed by atoms with van der Waals surface area (Å²) in [6.45, 7) is -2.00. The van der Waals surface area contributed by atoms with Crippen molar-refractivity contribution in [3.63, 3.8) is 0 Å². The van der Waals surface area contributed by atoms with Gasteiger partial charge in [-0.3, -0.25) is 9.36 Å². The van der Waals surface area contributed by atoms with Gasteiger partial charge in [0.05, 0.1) is 6.54 Å². The number of rotatable bonds is 9. The highest BCUT2D eigenvalue weighted by Crippen LogP contribution is 2.26. The highest BCUT2D eigenvalue weighted by atomic mass is 35.5. The van der Waals surface area contributed by atoms with E-state index >= 15 is 0 Å². The number of alkyl halides is 6. The van der Waals surface area contributed by atoms with Crippen LogP contribution < -0.4 is 15.7 Å². The first-order valence-corrected chi connectivity index (χ1v) is 10.9. The number of hydrogen-bond acceptors (Lipinski definition) is 5. The largest absolute Gasteiger partial charge is 0.573 e. The van der Waals surface area contributed by atoms with E-state index in [-0.39, 0.29) is 29.9 Å². The third kappa shape index (κ3) is 7.73. The molecule has 0 saturated carbocycles. The molecular formula is C22H19ClF6N4O4. The summed E-state index contributed by atoms with van der Waals surface area (Å²) in [7, 11) is 0. The predicted molar refractivity (Wildman–Crippen MR) is 119 cm³/mol. The molecule has 0 fully saturated rings. The number of halogens is 7. The Labute approximate surface area is 210 Å². The van der Waals surface area contributed by atoms with E-state index in [1.165, 1.54) is 42.5 Å². The monoisotopic (exact) mass is 552 g/mol. The first-order chi connectivity index (χ1) is 17.2. The van der Waals surface area contributed by atoms with E-state index in [0.29, 0.717) is 14.3 Å². The van der Waals surface area contributed by atoms with Gasteiger partial charge in [-0.2, -0.15) is 13.2 Å². The number of nitrogens with zero attached hydrogens (tertiary/aromatic N) is 3. The van der Waals surface area contributed by atoms with Gasteiger partial charge in [-0.1, -0.05) is 29.8 Å². The third-order valence-electron chi connectivity index (χ3n) is 4.97. The molecule has 1 atom stereocenters. The van der Waals surface area contributed by atoms with Gasteiger partial charge in [0, 0.05) is 17.1 Å². The Balaban J connectivity index is 1.75. The molecular weight excluding hydrogens is 534 g/mol. The number of aromatic nitrogens is 3. The Morgan fingerprint density at radius 3 is 2.35 bits per heavy atom. The minimum Gasteiger partial charge on any atom is -0.406 e. The van der Waals surface area contributed by atoms with Crippen LogP contribution in [-0.4, -0.2) is 50.5 Å².